The van der Waals surface area contributed by atoms with Gasteiger partial charge in [0.1, 0.15) is 5.75 Å². The predicted octanol–water partition coefficient (Wildman–Crippen LogP) is 3.57. The topological polar surface area (TPSA) is 82.3 Å². The number of aryl methyl sites for hydroxylation is 1. The van der Waals surface area contributed by atoms with Crippen LogP contribution in [0.2, 0.25) is 5.02 Å². The predicted molar refractivity (Wildman–Crippen MR) is 81.7 cm³/mol. The number of ether oxygens (including phenoxy) is 1. The number of benzene rings is 1. The fraction of sp³-hybridized carbons (Fsp3) is 0.0667. The van der Waals surface area contributed by atoms with Gasteiger partial charge in [-0.05, 0) is 31.2 Å². The third kappa shape index (κ3) is 4.13. The molecule has 6 nitrogen and oxygen atoms in total. The minimum Gasteiger partial charge on any atom is -0.422 e. The second kappa shape index (κ2) is 6.82. The van der Waals surface area contributed by atoms with E-state index < -0.39 is 10.9 Å². The zero-order valence-corrected chi connectivity index (χ0v) is 12.3. The molecule has 1 aromatic heterocycles. The lowest BCUT2D eigenvalue weighted by Crippen LogP contribution is -2.04. The highest BCUT2D eigenvalue weighted by Gasteiger charge is 2.08. The second-order valence-corrected chi connectivity index (χ2v) is 4.76. The molecule has 0 fully saturated rings. The number of aromatic nitrogens is 1. The zero-order chi connectivity index (χ0) is 16.1. The van der Waals surface area contributed by atoms with E-state index in [1.54, 1.807) is 12.1 Å². The van der Waals surface area contributed by atoms with Crippen molar-refractivity contribution in [2.75, 3.05) is 0 Å². The van der Waals surface area contributed by atoms with Crippen LogP contribution >= 0.6 is 11.6 Å². The molecule has 0 aliphatic heterocycles. The summed E-state index contributed by atoms with van der Waals surface area (Å²) < 4.78 is 5.04. The maximum absolute atomic E-state index is 11.7. The monoisotopic (exact) mass is 318 g/mol. The minimum atomic E-state index is -0.631. The number of esters is 1. The van der Waals surface area contributed by atoms with Crippen LogP contribution in [0.1, 0.15) is 11.3 Å². The summed E-state index contributed by atoms with van der Waals surface area (Å²) >= 11 is 5.93. The van der Waals surface area contributed by atoms with Gasteiger partial charge in [-0.3, -0.25) is 15.1 Å². The van der Waals surface area contributed by atoms with Crippen molar-refractivity contribution >= 4 is 29.3 Å². The van der Waals surface area contributed by atoms with Crippen molar-refractivity contribution < 1.29 is 14.5 Å². The minimum absolute atomic E-state index is 0.111. The number of carbonyl (C=O) groups is 1. The molecule has 7 heteroatoms. The molecule has 0 aliphatic rings. The summed E-state index contributed by atoms with van der Waals surface area (Å²) in [6.45, 7) is 1.82. The smallest absolute Gasteiger partial charge is 0.336 e. The molecule has 1 aromatic carbocycles. The number of hydrogen-bond acceptors (Lipinski definition) is 5. The lowest BCUT2D eigenvalue weighted by atomic mass is 10.2. The highest BCUT2D eigenvalue weighted by molar-refractivity contribution is 6.32. The molecule has 0 bridgehead atoms. The number of pyridine rings is 1. The standard InChI is InChI=1S/C15H11ClN2O4/c1-10-2-5-13(9-17-10)22-15(19)7-3-11-8-12(18(20)21)4-6-14(11)16/h2-9H,1H3. The zero-order valence-electron chi connectivity index (χ0n) is 11.5. The van der Waals surface area contributed by atoms with E-state index in [4.69, 9.17) is 16.3 Å². The van der Waals surface area contributed by atoms with Crippen molar-refractivity contribution in [3.8, 4) is 5.75 Å². The van der Waals surface area contributed by atoms with Gasteiger partial charge < -0.3 is 4.74 Å². The molecule has 0 saturated carbocycles. The van der Waals surface area contributed by atoms with Gasteiger partial charge in [0.15, 0.2) is 0 Å². The van der Waals surface area contributed by atoms with Crippen molar-refractivity contribution in [3.05, 3.63) is 69.0 Å². The molecule has 22 heavy (non-hydrogen) atoms. The van der Waals surface area contributed by atoms with Crippen molar-refractivity contribution in [1.82, 2.24) is 4.98 Å². The van der Waals surface area contributed by atoms with Crippen LogP contribution in [0, 0.1) is 17.0 Å². The average molecular weight is 319 g/mol. The molecule has 1 heterocycles. The summed E-state index contributed by atoms with van der Waals surface area (Å²) in [5.41, 5.74) is 1.05. The summed E-state index contributed by atoms with van der Waals surface area (Å²) in [4.78, 5) is 25.9. The van der Waals surface area contributed by atoms with Crippen molar-refractivity contribution in [1.29, 1.82) is 0 Å². The van der Waals surface area contributed by atoms with E-state index in [2.05, 4.69) is 4.98 Å². The van der Waals surface area contributed by atoms with E-state index in [1.807, 2.05) is 6.92 Å². The van der Waals surface area contributed by atoms with Crippen LogP contribution in [0.5, 0.6) is 5.75 Å². The van der Waals surface area contributed by atoms with Crippen LogP contribution in [0.4, 0.5) is 5.69 Å². The Hall–Kier alpha value is -2.73. The van der Waals surface area contributed by atoms with Crippen LogP contribution in [0.3, 0.4) is 0 Å². The molecule has 2 aromatic rings. The van der Waals surface area contributed by atoms with Crippen LogP contribution in [0.15, 0.2) is 42.6 Å². The Kier molecular flexibility index (Phi) is 4.85. The second-order valence-electron chi connectivity index (χ2n) is 4.35. The summed E-state index contributed by atoms with van der Waals surface area (Å²) in [7, 11) is 0. The highest BCUT2D eigenvalue weighted by Crippen LogP contribution is 2.23. The molecule has 112 valence electrons. The molecule has 0 saturated heterocycles. The van der Waals surface area contributed by atoms with Crippen LogP contribution in [-0.4, -0.2) is 15.9 Å². The first-order valence-corrected chi connectivity index (χ1v) is 6.60. The number of carbonyl (C=O) groups excluding carboxylic acids is 1. The first-order valence-electron chi connectivity index (χ1n) is 6.22. The first kappa shape index (κ1) is 15.7. The lowest BCUT2D eigenvalue weighted by molar-refractivity contribution is -0.384. The van der Waals surface area contributed by atoms with Gasteiger partial charge in [0.2, 0.25) is 0 Å². The molecule has 0 unspecified atom stereocenters. The van der Waals surface area contributed by atoms with Gasteiger partial charge in [-0.25, -0.2) is 4.79 Å². The molecule has 0 N–H and O–H groups in total. The van der Waals surface area contributed by atoms with Crippen molar-refractivity contribution in [2.45, 2.75) is 6.92 Å². The van der Waals surface area contributed by atoms with E-state index >= 15 is 0 Å². The van der Waals surface area contributed by atoms with E-state index in [1.165, 1.54) is 30.5 Å². The molecule has 0 spiro atoms. The van der Waals surface area contributed by atoms with E-state index in [-0.39, 0.29) is 5.69 Å². The van der Waals surface area contributed by atoms with Crippen molar-refractivity contribution in [3.63, 3.8) is 0 Å². The third-order valence-corrected chi connectivity index (χ3v) is 3.04. The molecule has 2 rings (SSSR count). The fourth-order valence-corrected chi connectivity index (χ4v) is 1.78. The number of hydrogen-bond donors (Lipinski definition) is 0. The number of rotatable bonds is 4. The summed E-state index contributed by atoms with van der Waals surface area (Å²) in [5.74, 6) is -0.321. The van der Waals surface area contributed by atoms with Gasteiger partial charge in [-0.15, -0.1) is 0 Å². The van der Waals surface area contributed by atoms with Crippen molar-refractivity contribution in [2.24, 2.45) is 0 Å². The summed E-state index contributed by atoms with van der Waals surface area (Å²) in [6, 6.07) is 7.29. The molecule has 0 radical (unpaired) electrons. The molecular weight excluding hydrogens is 308 g/mol. The fourth-order valence-electron chi connectivity index (χ4n) is 1.60. The van der Waals surface area contributed by atoms with E-state index in [9.17, 15) is 14.9 Å². The Bertz CT molecular complexity index is 742. The Morgan fingerprint density at radius 1 is 1.36 bits per heavy atom. The van der Waals surface area contributed by atoms with E-state index in [0.717, 1.165) is 11.8 Å². The largest absolute Gasteiger partial charge is 0.422 e. The average Bonchev–Trinajstić information content (AvgIpc) is 2.48. The Labute approximate surface area is 131 Å². The maximum atomic E-state index is 11.7. The normalized spacial score (nSPS) is 10.6. The quantitative estimate of drug-likeness (QED) is 0.372. The van der Waals surface area contributed by atoms with Gasteiger partial charge in [0.25, 0.3) is 5.69 Å². The van der Waals surface area contributed by atoms with E-state index in [0.29, 0.717) is 16.3 Å². The third-order valence-electron chi connectivity index (χ3n) is 2.69. The lowest BCUT2D eigenvalue weighted by Gasteiger charge is -2.01. The maximum Gasteiger partial charge on any atom is 0.336 e. The molecule has 0 atom stereocenters. The SMILES string of the molecule is Cc1ccc(OC(=O)C=Cc2cc([N+](=O)[O-])ccc2Cl)cn1. The number of halogens is 1. The van der Waals surface area contributed by atoms with Gasteiger partial charge in [-0.1, -0.05) is 11.6 Å². The molecular formula is C15H11ClN2O4. The van der Waals surface area contributed by atoms with Crippen LogP contribution in [-0.2, 0) is 4.79 Å². The first-order chi connectivity index (χ1) is 10.5. The Morgan fingerprint density at radius 3 is 2.77 bits per heavy atom. The van der Waals surface area contributed by atoms with Crippen LogP contribution < -0.4 is 4.74 Å². The number of nitro benzene ring substituents is 1. The highest BCUT2D eigenvalue weighted by atomic mass is 35.5. The molecule has 0 aliphatic carbocycles. The Balaban J connectivity index is 2.10. The van der Waals surface area contributed by atoms with Gasteiger partial charge in [0, 0.05) is 34.5 Å². The summed E-state index contributed by atoms with van der Waals surface area (Å²) in [6.07, 6.45) is 3.94. The number of non-ortho nitro benzene ring substituents is 1. The van der Waals surface area contributed by atoms with Crippen LogP contribution in [0.25, 0.3) is 6.08 Å². The Morgan fingerprint density at radius 2 is 2.14 bits per heavy atom. The van der Waals surface area contributed by atoms with Gasteiger partial charge >= 0.3 is 5.97 Å². The van der Waals surface area contributed by atoms with Gasteiger partial charge in [-0.2, -0.15) is 0 Å². The van der Waals surface area contributed by atoms with Gasteiger partial charge in [0.05, 0.1) is 11.1 Å². The number of nitrogens with zero attached hydrogens (tertiary/aromatic N) is 2. The molecule has 0 amide bonds. The number of nitro groups is 1. The summed E-state index contributed by atoms with van der Waals surface area (Å²) in [5, 5.41) is 11.0.